The summed E-state index contributed by atoms with van der Waals surface area (Å²) in [4.78, 5) is 3.37. The monoisotopic (exact) mass is 356 g/mol. The first kappa shape index (κ1) is 18.5. The summed E-state index contributed by atoms with van der Waals surface area (Å²) in [6.45, 7) is 11.3. The summed E-state index contributed by atoms with van der Waals surface area (Å²) in [6.07, 6.45) is 1.14. The normalized spacial score (nSPS) is 21.0. The van der Waals surface area contributed by atoms with Gasteiger partial charge in [0.1, 0.15) is 26.2 Å². The second kappa shape index (κ2) is 8.83. The topological polar surface area (TPSA) is 32.9 Å². The van der Waals surface area contributed by atoms with Gasteiger partial charge in [0.15, 0.2) is 5.11 Å². The van der Waals surface area contributed by atoms with Crippen molar-refractivity contribution in [1.82, 2.24) is 5.32 Å². The van der Waals surface area contributed by atoms with Crippen LogP contribution in [0.5, 0.6) is 0 Å². The van der Waals surface area contributed by atoms with Gasteiger partial charge in [0.2, 0.25) is 0 Å². The molecule has 1 heterocycles. The van der Waals surface area contributed by atoms with Crippen LogP contribution < -0.4 is 20.4 Å². The Hall–Kier alpha value is -0.880. The summed E-state index contributed by atoms with van der Waals surface area (Å²) >= 11 is 11.7. The average Bonchev–Trinajstić information content (AvgIpc) is 2.49. The second-order valence-corrected chi connectivity index (χ2v) is 7.45. The molecule has 0 amide bonds. The van der Waals surface area contributed by atoms with Crippen molar-refractivity contribution in [3.8, 4) is 0 Å². The number of nitrogens with one attached hydrogen (secondary N) is 4. The minimum Gasteiger partial charge on any atom is -0.362 e. The van der Waals surface area contributed by atoms with Crippen LogP contribution in [0.1, 0.15) is 17.5 Å². The van der Waals surface area contributed by atoms with Gasteiger partial charge >= 0.3 is 0 Å². The molecular formula is C17H29ClN4S+2. The maximum atomic E-state index is 6.30. The lowest BCUT2D eigenvalue weighted by Crippen LogP contribution is -3.27. The average molecular weight is 357 g/mol. The molecule has 1 aliphatic heterocycles. The van der Waals surface area contributed by atoms with Crippen molar-refractivity contribution >= 4 is 34.6 Å². The van der Waals surface area contributed by atoms with Gasteiger partial charge in [-0.05, 0) is 43.3 Å². The molecule has 128 valence electrons. The van der Waals surface area contributed by atoms with E-state index in [-0.39, 0.29) is 0 Å². The highest BCUT2D eigenvalue weighted by Gasteiger charge is 2.18. The van der Waals surface area contributed by atoms with Gasteiger partial charge < -0.3 is 20.4 Å². The van der Waals surface area contributed by atoms with E-state index in [4.69, 9.17) is 23.8 Å². The van der Waals surface area contributed by atoms with Crippen molar-refractivity contribution in [2.45, 2.75) is 20.3 Å². The minimum atomic E-state index is 0.650. The van der Waals surface area contributed by atoms with Gasteiger partial charge in [-0.3, -0.25) is 0 Å². The van der Waals surface area contributed by atoms with Crippen LogP contribution in [0.15, 0.2) is 12.1 Å². The molecular weight excluding hydrogens is 328 g/mol. The molecule has 0 spiro atoms. The first-order chi connectivity index (χ1) is 11.0. The van der Waals surface area contributed by atoms with E-state index < -0.39 is 0 Å². The van der Waals surface area contributed by atoms with Crippen LogP contribution in [0.2, 0.25) is 5.02 Å². The van der Waals surface area contributed by atoms with Crippen LogP contribution >= 0.6 is 23.8 Å². The van der Waals surface area contributed by atoms with E-state index in [1.165, 1.54) is 32.7 Å². The SMILES string of the molecule is Cc1cc(C)c(NC(=S)NCCC[NH+]2CC[NH+](C)CC2)c(Cl)c1. The van der Waals surface area contributed by atoms with Gasteiger partial charge in [0.05, 0.1) is 24.3 Å². The highest BCUT2D eigenvalue weighted by atomic mass is 35.5. The van der Waals surface area contributed by atoms with Gasteiger partial charge in [-0.25, -0.2) is 0 Å². The van der Waals surface area contributed by atoms with Crippen LogP contribution in [0.3, 0.4) is 0 Å². The Labute approximate surface area is 150 Å². The van der Waals surface area contributed by atoms with Crippen LogP contribution in [0.4, 0.5) is 5.69 Å². The standard InChI is InChI=1S/C17H27ClN4S/c1-13-11-14(2)16(15(18)12-13)20-17(23)19-5-4-6-22-9-7-21(3)8-10-22/h11-12H,4-10H2,1-3H3,(H2,19,20,23)/p+2. The Balaban J connectivity index is 1.69. The molecule has 0 radical (unpaired) electrons. The van der Waals surface area contributed by atoms with Crippen molar-refractivity contribution in [3.63, 3.8) is 0 Å². The molecule has 1 aromatic carbocycles. The lowest BCUT2D eigenvalue weighted by molar-refractivity contribution is -1.00. The number of quaternary nitrogens is 2. The quantitative estimate of drug-likeness (QED) is 0.444. The van der Waals surface area contributed by atoms with Crippen LogP contribution in [0, 0.1) is 13.8 Å². The molecule has 23 heavy (non-hydrogen) atoms. The lowest BCUT2D eigenvalue weighted by Gasteiger charge is -2.27. The van der Waals surface area contributed by atoms with E-state index >= 15 is 0 Å². The summed E-state index contributed by atoms with van der Waals surface area (Å²) in [5.74, 6) is 0. The Morgan fingerprint density at radius 3 is 2.57 bits per heavy atom. The number of halogens is 1. The predicted molar refractivity (Wildman–Crippen MR) is 102 cm³/mol. The number of piperazine rings is 1. The zero-order valence-corrected chi connectivity index (χ0v) is 16.0. The first-order valence-corrected chi connectivity index (χ1v) is 9.21. The van der Waals surface area contributed by atoms with E-state index in [1.807, 2.05) is 19.9 Å². The highest BCUT2D eigenvalue weighted by molar-refractivity contribution is 7.80. The maximum Gasteiger partial charge on any atom is 0.170 e. The maximum absolute atomic E-state index is 6.30. The number of aryl methyl sites for hydroxylation is 2. The van der Waals surface area contributed by atoms with Gasteiger partial charge in [0, 0.05) is 13.0 Å². The molecule has 0 aliphatic carbocycles. The molecule has 1 saturated heterocycles. The zero-order chi connectivity index (χ0) is 16.8. The van der Waals surface area contributed by atoms with Gasteiger partial charge in [-0.15, -0.1) is 0 Å². The molecule has 4 N–H and O–H groups in total. The Bertz CT molecular complexity index is 518. The third-order valence-electron chi connectivity index (χ3n) is 4.47. The summed E-state index contributed by atoms with van der Waals surface area (Å²) in [6, 6.07) is 4.06. The largest absolute Gasteiger partial charge is 0.362 e. The first-order valence-electron chi connectivity index (χ1n) is 8.42. The summed E-state index contributed by atoms with van der Waals surface area (Å²) in [5, 5.41) is 7.89. The molecule has 4 nitrogen and oxygen atoms in total. The number of thiocarbonyl (C=S) groups is 1. The van der Waals surface area contributed by atoms with Gasteiger partial charge in [-0.1, -0.05) is 17.7 Å². The third-order valence-corrected chi connectivity index (χ3v) is 5.02. The smallest absolute Gasteiger partial charge is 0.170 e. The summed E-state index contributed by atoms with van der Waals surface area (Å²) in [5.41, 5.74) is 3.18. The van der Waals surface area contributed by atoms with Crippen molar-refractivity contribution in [3.05, 3.63) is 28.3 Å². The molecule has 2 rings (SSSR count). The summed E-state index contributed by atoms with van der Waals surface area (Å²) in [7, 11) is 2.28. The van der Waals surface area contributed by atoms with E-state index in [2.05, 4.69) is 23.7 Å². The Morgan fingerprint density at radius 2 is 1.91 bits per heavy atom. The zero-order valence-electron chi connectivity index (χ0n) is 14.4. The minimum absolute atomic E-state index is 0.650. The molecule has 0 aromatic heterocycles. The molecule has 1 aromatic rings. The van der Waals surface area contributed by atoms with Crippen molar-refractivity contribution in [1.29, 1.82) is 0 Å². The fourth-order valence-electron chi connectivity index (χ4n) is 3.05. The van der Waals surface area contributed by atoms with E-state index in [1.54, 1.807) is 9.80 Å². The van der Waals surface area contributed by atoms with Gasteiger partial charge in [0.25, 0.3) is 0 Å². The molecule has 0 atom stereocenters. The predicted octanol–water partition coefficient (Wildman–Crippen LogP) is 0.0465. The molecule has 0 unspecified atom stereocenters. The van der Waals surface area contributed by atoms with E-state index in [0.29, 0.717) is 5.11 Å². The number of rotatable bonds is 5. The van der Waals surface area contributed by atoms with Crippen molar-refractivity contribution in [2.24, 2.45) is 0 Å². The Kier molecular flexibility index (Phi) is 7.09. The molecule has 6 heteroatoms. The number of benzene rings is 1. The van der Waals surface area contributed by atoms with Crippen LogP contribution in [-0.4, -0.2) is 51.4 Å². The number of likely N-dealkylation sites (N-methyl/N-ethyl adjacent to an activating group) is 1. The van der Waals surface area contributed by atoms with E-state index in [9.17, 15) is 0 Å². The molecule has 1 aliphatic rings. The molecule has 1 fully saturated rings. The second-order valence-electron chi connectivity index (χ2n) is 6.63. The van der Waals surface area contributed by atoms with Crippen molar-refractivity contribution in [2.75, 3.05) is 51.6 Å². The summed E-state index contributed by atoms with van der Waals surface area (Å²) < 4.78 is 0. The van der Waals surface area contributed by atoms with Crippen LogP contribution in [0.25, 0.3) is 0 Å². The highest BCUT2D eigenvalue weighted by Crippen LogP contribution is 2.27. The fourth-order valence-corrected chi connectivity index (χ4v) is 3.62. The fraction of sp³-hybridized carbons (Fsp3) is 0.588. The number of hydrogen-bond acceptors (Lipinski definition) is 1. The number of anilines is 1. The van der Waals surface area contributed by atoms with Crippen molar-refractivity contribution < 1.29 is 9.80 Å². The number of hydrogen-bond donors (Lipinski definition) is 4. The molecule has 0 bridgehead atoms. The van der Waals surface area contributed by atoms with E-state index in [0.717, 1.165) is 34.8 Å². The lowest BCUT2D eigenvalue weighted by atomic mass is 10.1. The molecule has 0 saturated carbocycles. The van der Waals surface area contributed by atoms with Crippen LogP contribution in [-0.2, 0) is 0 Å². The van der Waals surface area contributed by atoms with Gasteiger partial charge in [-0.2, -0.15) is 0 Å². The Morgan fingerprint density at radius 1 is 1.22 bits per heavy atom. The third kappa shape index (κ3) is 5.92.